The molecule has 0 atom stereocenters. The molecule has 1 heterocycles. The van der Waals surface area contributed by atoms with E-state index in [2.05, 4.69) is 12.1 Å². The number of hydrogen-bond donors (Lipinski definition) is 1. The first-order chi connectivity index (χ1) is 9.13. The van der Waals surface area contributed by atoms with Gasteiger partial charge < -0.3 is 4.74 Å². The SMILES string of the molecule is C=CCONC(CC)=C1C(=O)C=C(CCC)OC1=O. The molecule has 1 aliphatic rings. The van der Waals surface area contributed by atoms with E-state index in [4.69, 9.17) is 9.57 Å². The van der Waals surface area contributed by atoms with Gasteiger partial charge in [-0.15, -0.1) is 6.58 Å². The van der Waals surface area contributed by atoms with E-state index in [0.29, 0.717) is 24.3 Å². The standard InChI is InChI=1S/C14H19NO4/c1-4-7-10-9-12(16)13(14(17)19-10)11(6-3)15-18-8-5-2/h5,9,15H,2,4,6-8H2,1,3H3. The number of hydrogen-bond acceptors (Lipinski definition) is 5. The van der Waals surface area contributed by atoms with Crippen LogP contribution >= 0.6 is 0 Å². The molecule has 0 amide bonds. The third kappa shape index (κ3) is 4.06. The summed E-state index contributed by atoms with van der Waals surface area (Å²) in [5.41, 5.74) is 3.03. The second-order valence-corrected chi connectivity index (χ2v) is 4.02. The van der Waals surface area contributed by atoms with Crippen molar-refractivity contribution in [3.8, 4) is 0 Å². The van der Waals surface area contributed by atoms with Crippen LogP contribution in [-0.2, 0) is 19.2 Å². The van der Waals surface area contributed by atoms with Crippen LogP contribution in [0, 0.1) is 0 Å². The number of ether oxygens (including phenoxy) is 1. The van der Waals surface area contributed by atoms with Crippen molar-refractivity contribution in [2.45, 2.75) is 33.1 Å². The summed E-state index contributed by atoms with van der Waals surface area (Å²) in [7, 11) is 0. The molecule has 0 bridgehead atoms. The van der Waals surface area contributed by atoms with E-state index in [9.17, 15) is 9.59 Å². The molecule has 0 unspecified atom stereocenters. The molecule has 1 aliphatic heterocycles. The molecule has 1 N–H and O–H groups in total. The Morgan fingerprint density at radius 3 is 2.74 bits per heavy atom. The number of hydroxylamine groups is 1. The summed E-state index contributed by atoms with van der Waals surface area (Å²) < 4.78 is 5.13. The first-order valence-electron chi connectivity index (χ1n) is 6.32. The fourth-order valence-corrected chi connectivity index (χ4v) is 1.65. The van der Waals surface area contributed by atoms with E-state index in [1.54, 1.807) is 6.08 Å². The number of carbonyl (C=O) groups excluding carboxylic acids is 2. The van der Waals surface area contributed by atoms with Crippen molar-refractivity contribution in [2.75, 3.05) is 6.61 Å². The van der Waals surface area contributed by atoms with Crippen LogP contribution in [0.2, 0.25) is 0 Å². The van der Waals surface area contributed by atoms with Crippen LogP contribution < -0.4 is 5.48 Å². The molecular weight excluding hydrogens is 246 g/mol. The van der Waals surface area contributed by atoms with Gasteiger partial charge in [-0.3, -0.25) is 15.1 Å². The highest BCUT2D eigenvalue weighted by Crippen LogP contribution is 2.21. The smallest absolute Gasteiger partial charge is 0.349 e. The second kappa shape index (κ2) is 7.53. The number of ketones is 1. The van der Waals surface area contributed by atoms with Gasteiger partial charge in [0.1, 0.15) is 11.3 Å². The minimum absolute atomic E-state index is 0.00594. The highest BCUT2D eigenvalue weighted by Gasteiger charge is 2.28. The fourth-order valence-electron chi connectivity index (χ4n) is 1.65. The van der Waals surface area contributed by atoms with Crippen LogP contribution in [0.4, 0.5) is 0 Å². The molecule has 0 aliphatic carbocycles. The van der Waals surface area contributed by atoms with Crippen molar-refractivity contribution >= 4 is 11.8 Å². The van der Waals surface area contributed by atoms with Crippen LogP contribution in [0.5, 0.6) is 0 Å². The fraction of sp³-hybridized carbons (Fsp3) is 0.429. The summed E-state index contributed by atoms with van der Waals surface area (Å²) in [5.74, 6) is -0.544. The molecule has 104 valence electrons. The Balaban J connectivity index is 2.93. The maximum Gasteiger partial charge on any atom is 0.349 e. The maximum atomic E-state index is 12.0. The summed E-state index contributed by atoms with van der Waals surface area (Å²) in [6.45, 7) is 7.55. The van der Waals surface area contributed by atoms with Crippen LogP contribution in [0.25, 0.3) is 0 Å². The third-order valence-corrected chi connectivity index (χ3v) is 2.51. The van der Waals surface area contributed by atoms with E-state index in [0.717, 1.165) is 6.42 Å². The monoisotopic (exact) mass is 265 g/mol. The lowest BCUT2D eigenvalue weighted by molar-refractivity contribution is -0.138. The first kappa shape index (κ1) is 15.2. The van der Waals surface area contributed by atoms with Crippen molar-refractivity contribution in [2.24, 2.45) is 0 Å². The van der Waals surface area contributed by atoms with Crippen molar-refractivity contribution in [1.82, 2.24) is 5.48 Å². The lowest BCUT2D eigenvalue weighted by Gasteiger charge is -2.18. The van der Waals surface area contributed by atoms with Gasteiger partial charge in [-0.2, -0.15) is 0 Å². The Morgan fingerprint density at radius 2 is 2.21 bits per heavy atom. The van der Waals surface area contributed by atoms with Gasteiger partial charge in [0.2, 0.25) is 0 Å². The highest BCUT2D eigenvalue weighted by molar-refractivity contribution is 6.24. The van der Waals surface area contributed by atoms with Gasteiger partial charge in [-0.25, -0.2) is 4.79 Å². The minimum atomic E-state index is -0.623. The summed E-state index contributed by atoms with van der Waals surface area (Å²) in [4.78, 5) is 28.9. The molecular formula is C14H19NO4. The van der Waals surface area contributed by atoms with Gasteiger partial charge >= 0.3 is 5.97 Å². The molecule has 0 radical (unpaired) electrons. The van der Waals surface area contributed by atoms with Gasteiger partial charge in [-0.05, 0) is 12.8 Å². The van der Waals surface area contributed by atoms with Gasteiger partial charge in [-0.1, -0.05) is 19.9 Å². The van der Waals surface area contributed by atoms with Gasteiger partial charge in [0.25, 0.3) is 0 Å². The predicted molar refractivity (Wildman–Crippen MR) is 70.7 cm³/mol. The van der Waals surface area contributed by atoms with Crippen molar-refractivity contribution in [1.29, 1.82) is 0 Å². The minimum Gasteiger partial charge on any atom is -0.427 e. The highest BCUT2D eigenvalue weighted by atomic mass is 16.6. The number of nitrogens with one attached hydrogen (secondary N) is 1. The first-order valence-corrected chi connectivity index (χ1v) is 6.32. The molecule has 0 saturated carbocycles. The van der Waals surface area contributed by atoms with Crippen molar-refractivity contribution < 1.29 is 19.2 Å². The average Bonchev–Trinajstić information content (AvgIpc) is 2.36. The number of cyclic esters (lactones) is 1. The quantitative estimate of drug-likeness (QED) is 0.191. The van der Waals surface area contributed by atoms with E-state index in [1.807, 2.05) is 13.8 Å². The molecule has 5 heteroatoms. The van der Waals surface area contributed by atoms with Crippen LogP contribution in [0.15, 0.2) is 35.8 Å². The lowest BCUT2D eigenvalue weighted by Crippen LogP contribution is -2.27. The summed E-state index contributed by atoms with van der Waals surface area (Å²) in [5, 5.41) is 0. The topological polar surface area (TPSA) is 64.6 Å². The zero-order chi connectivity index (χ0) is 14.3. The Hall–Kier alpha value is -1.88. The molecule has 1 rings (SSSR count). The van der Waals surface area contributed by atoms with Gasteiger partial charge in [0, 0.05) is 12.5 Å². The van der Waals surface area contributed by atoms with Gasteiger partial charge in [0.05, 0.1) is 12.3 Å². The summed E-state index contributed by atoms with van der Waals surface area (Å²) in [6, 6.07) is 0. The van der Waals surface area contributed by atoms with Crippen LogP contribution in [0.1, 0.15) is 33.1 Å². The lowest BCUT2D eigenvalue weighted by atomic mass is 10.0. The number of allylic oxidation sites excluding steroid dienone is 3. The van der Waals surface area contributed by atoms with E-state index >= 15 is 0 Å². The average molecular weight is 265 g/mol. The predicted octanol–water partition coefficient (Wildman–Crippen LogP) is 2.17. The van der Waals surface area contributed by atoms with E-state index < -0.39 is 5.97 Å². The Bertz CT molecular complexity index is 435. The normalized spacial score (nSPS) is 17.7. The third-order valence-electron chi connectivity index (χ3n) is 2.51. The largest absolute Gasteiger partial charge is 0.427 e. The molecule has 0 fully saturated rings. The molecule has 19 heavy (non-hydrogen) atoms. The molecule has 0 aromatic rings. The van der Waals surface area contributed by atoms with E-state index in [-0.39, 0.29) is 18.0 Å². The summed E-state index contributed by atoms with van der Waals surface area (Å²) in [6.07, 6.45) is 4.78. The Kier molecular flexibility index (Phi) is 6.02. The zero-order valence-corrected chi connectivity index (χ0v) is 11.3. The molecule has 5 nitrogen and oxygen atoms in total. The number of esters is 1. The van der Waals surface area contributed by atoms with E-state index in [1.165, 1.54) is 6.08 Å². The van der Waals surface area contributed by atoms with Crippen LogP contribution in [-0.4, -0.2) is 18.4 Å². The summed E-state index contributed by atoms with van der Waals surface area (Å²) >= 11 is 0. The number of carbonyl (C=O) groups is 2. The molecule has 0 saturated heterocycles. The van der Waals surface area contributed by atoms with Crippen LogP contribution in [0.3, 0.4) is 0 Å². The maximum absolute atomic E-state index is 12.0. The number of rotatable bonds is 7. The Morgan fingerprint density at radius 1 is 1.47 bits per heavy atom. The molecule has 0 aromatic carbocycles. The second-order valence-electron chi connectivity index (χ2n) is 4.02. The zero-order valence-electron chi connectivity index (χ0n) is 11.3. The van der Waals surface area contributed by atoms with Crippen molar-refractivity contribution in [3.63, 3.8) is 0 Å². The molecule has 0 aromatic heterocycles. The molecule has 0 spiro atoms. The Labute approximate surface area is 112 Å². The van der Waals surface area contributed by atoms with Crippen molar-refractivity contribution in [3.05, 3.63) is 35.8 Å². The van der Waals surface area contributed by atoms with Gasteiger partial charge in [0.15, 0.2) is 5.78 Å².